The number of hydrogen-bond donors (Lipinski definition) is 0. The van der Waals surface area contributed by atoms with Crippen molar-refractivity contribution in [1.29, 1.82) is 0 Å². The largest absolute Gasteiger partial charge is 0.493 e. The smallest absolute Gasteiger partial charge is 0.246 e. The molecule has 0 aliphatic rings. The zero-order valence-corrected chi connectivity index (χ0v) is 15.1. The molecule has 2 aromatic rings. The van der Waals surface area contributed by atoms with E-state index in [9.17, 15) is 4.79 Å². The summed E-state index contributed by atoms with van der Waals surface area (Å²) in [7, 11) is 1.76. The molecule has 132 valence electrons. The molecule has 0 unspecified atom stereocenters. The van der Waals surface area contributed by atoms with Crippen LogP contribution in [-0.2, 0) is 4.79 Å². The molecule has 0 aromatic heterocycles. The second-order valence-corrected chi connectivity index (χ2v) is 5.73. The first-order valence-corrected chi connectivity index (χ1v) is 8.44. The summed E-state index contributed by atoms with van der Waals surface area (Å²) in [6, 6.07) is 15.5. The minimum atomic E-state index is -0.0705. The number of ether oxygens (including phenoxy) is 2. The molecule has 0 bridgehead atoms. The minimum Gasteiger partial charge on any atom is -0.493 e. The molecule has 4 heteroatoms. The van der Waals surface area contributed by atoms with Crippen LogP contribution in [0, 0.1) is 6.92 Å². The molecule has 0 atom stereocenters. The van der Waals surface area contributed by atoms with Gasteiger partial charge in [-0.15, -0.1) is 0 Å². The van der Waals surface area contributed by atoms with E-state index in [4.69, 9.17) is 9.47 Å². The van der Waals surface area contributed by atoms with Crippen LogP contribution in [0.5, 0.6) is 11.5 Å². The maximum atomic E-state index is 12.2. The minimum absolute atomic E-state index is 0.0705. The molecule has 2 aromatic carbocycles. The highest BCUT2D eigenvalue weighted by Gasteiger charge is 2.06. The fourth-order valence-corrected chi connectivity index (χ4v) is 2.24. The van der Waals surface area contributed by atoms with Gasteiger partial charge in [0.15, 0.2) is 0 Å². The second-order valence-electron chi connectivity index (χ2n) is 5.73. The summed E-state index contributed by atoms with van der Waals surface area (Å²) in [6.07, 6.45) is 3.34. The molecule has 1 amide bonds. The summed E-state index contributed by atoms with van der Waals surface area (Å²) in [5, 5.41) is 0. The average Bonchev–Trinajstić information content (AvgIpc) is 2.62. The Morgan fingerprint density at radius 3 is 2.52 bits per heavy atom. The maximum absolute atomic E-state index is 12.2. The molecule has 0 fully saturated rings. The highest BCUT2D eigenvalue weighted by molar-refractivity contribution is 5.92. The molecule has 0 radical (unpaired) electrons. The number of nitrogens with zero attached hydrogens (tertiary/aromatic N) is 1. The van der Waals surface area contributed by atoms with Crippen molar-refractivity contribution in [2.45, 2.75) is 13.8 Å². The van der Waals surface area contributed by atoms with Crippen molar-refractivity contribution in [3.63, 3.8) is 0 Å². The number of likely N-dealkylation sites (N-methyl/N-ethyl adjacent to an activating group) is 1. The summed E-state index contributed by atoms with van der Waals surface area (Å²) < 4.78 is 11.2. The molecule has 2 rings (SSSR count). The summed E-state index contributed by atoms with van der Waals surface area (Å²) >= 11 is 0. The first-order chi connectivity index (χ1) is 12.1. The molecule has 0 aliphatic carbocycles. The lowest BCUT2D eigenvalue weighted by atomic mass is 10.2. The molecule has 0 spiro atoms. The van der Waals surface area contributed by atoms with Gasteiger partial charge in [0, 0.05) is 18.7 Å². The van der Waals surface area contributed by atoms with Gasteiger partial charge in [0.2, 0.25) is 5.91 Å². The Hall–Kier alpha value is -2.75. The zero-order chi connectivity index (χ0) is 18.1. The Balaban J connectivity index is 1.84. The van der Waals surface area contributed by atoms with Crippen LogP contribution in [0.4, 0.5) is 0 Å². The number of para-hydroxylation sites is 1. The molecular formula is C21H25NO3. The van der Waals surface area contributed by atoms with Gasteiger partial charge in [-0.25, -0.2) is 0 Å². The van der Waals surface area contributed by atoms with Gasteiger partial charge in [0.25, 0.3) is 0 Å². The molecular weight excluding hydrogens is 314 g/mol. The van der Waals surface area contributed by atoms with Gasteiger partial charge in [-0.05, 0) is 38.1 Å². The predicted molar refractivity (Wildman–Crippen MR) is 101 cm³/mol. The quantitative estimate of drug-likeness (QED) is 0.684. The van der Waals surface area contributed by atoms with Crippen molar-refractivity contribution in [2.24, 2.45) is 0 Å². The number of aryl methyl sites for hydroxylation is 1. The van der Waals surface area contributed by atoms with Gasteiger partial charge >= 0.3 is 0 Å². The predicted octanol–water partition coefficient (Wildman–Crippen LogP) is 3.94. The Bertz CT molecular complexity index is 707. The van der Waals surface area contributed by atoms with Gasteiger partial charge in [-0.3, -0.25) is 4.79 Å². The number of amides is 1. The Morgan fingerprint density at radius 2 is 1.80 bits per heavy atom. The number of carbonyl (C=O) groups is 1. The van der Waals surface area contributed by atoms with Crippen molar-refractivity contribution in [1.82, 2.24) is 4.90 Å². The highest BCUT2D eigenvalue weighted by atomic mass is 16.5. The van der Waals surface area contributed by atoms with E-state index in [-0.39, 0.29) is 5.91 Å². The van der Waals surface area contributed by atoms with Gasteiger partial charge in [-0.1, -0.05) is 35.9 Å². The normalized spacial score (nSPS) is 10.7. The monoisotopic (exact) mass is 339 g/mol. The Kier molecular flexibility index (Phi) is 7.08. The van der Waals surface area contributed by atoms with Gasteiger partial charge < -0.3 is 14.4 Å². The number of hydrogen-bond acceptors (Lipinski definition) is 3. The van der Waals surface area contributed by atoms with Crippen LogP contribution in [0.15, 0.2) is 54.6 Å². The number of carbonyl (C=O) groups excluding carboxylic acids is 1. The van der Waals surface area contributed by atoms with Crippen LogP contribution in [0.1, 0.15) is 18.1 Å². The van der Waals surface area contributed by atoms with Crippen LogP contribution in [0.3, 0.4) is 0 Å². The van der Waals surface area contributed by atoms with E-state index >= 15 is 0 Å². The fourth-order valence-electron chi connectivity index (χ4n) is 2.24. The average molecular weight is 339 g/mol. The van der Waals surface area contributed by atoms with E-state index in [1.807, 2.05) is 62.4 Å². The molecule has 0 saturated heterocycles. The summed E-state index contributed by atoms with van der Waals surface area (Å²) in [6.45, 7) is 5.54. The van der Waals surface area contributed by atoms with Crippen LogP contribution < -0.4 is 9.47 Å². The Labute approximate surface area is 149 Å². The third-order valence-electron chi connectivity index (χ3n) is 3.72. The SMILES string of the molecule is CCOc1ccccc1/C=C/C(=O)N(C)CCOc1ccc(C)cc1. The van der Waals surface area contributed by atoms with Crippen molar-refractivity contribution in [2.75, 3.05) is 26.8 Å². The van der Waals surface area contributed by atoms with Crippen LogP contribution in [-0.4, -0.2) is 37.6 Å². The summed E-state index contributed by atoms with van der Waals surface area (Å²) in [4.78, 5) is 13.8. The van der Waals surface area contributed by atoms with E-state index in [1.54, 1.807) is 24.1 Å². The zero-order valence-electron chi connectivity index (χ0n) is 15.1. The molecule has 0 N–H and O–H groups in total. The summed E-state index contributed by atoms with van der Waals surface area (Å²) in [5.41, 5.74) is 2.08. The third kappa shape index (κ3) is 5.99. The van der Waals surface area contributed by atoms with Crippen LogP contribution in [0.25, 0.3) is 6.08 Å². The van der Waals surface area contributed by atoms with Gasteiger partial charge in [0.1, 0.15) is 18.1 Å². The molecule has 0 saturated carbocycles. The van der Waals surface area contributed by atoms with E-state index < -0.39 is 0 Å². The number of benzene rings is 2. The topological polar surface area (TPSA) is 38.8 Å². The highest BCUT2D eigenvalue weighted by Crippen LogP contribution is 2.19. The van der Waals surface area contributed by atoms with E-state index in [0.717, 1.165) is 17.1 Å². The molecule has 0 aliphatic heterocycles. The standard InChI is InChI=1S/C21H25NO3/c1-4-24-20-8-6-5-7-18(20)11-14-21(23)22(3)15-16-25-19-12-9-17(2)10-13-19/h5-14H,4,15-16H2,1-3H3/b14-11+. The molecule has 25 heavy (non-hydrogen) atoms. The fraction of sp³-hybridized carbons (Fsp3) is 0.286. The van der Waals surface area contributed by atoms with E-state index in [0.29, 0.717) is 19.8 Å². The lowest BCUT2D eigenvalue weighted by Gasteiger charge is -2.15. The number of rotatable bonds is 8. The first-order valence-electron chi connectivity index (χ1n) is 8.44. The van der Waals surface area contributed by atoms with Crippen LogP contribution >= 0.6 is 0 Å². The van der Waals surface area contributed by atoms with E-state index in [1.165, 1.54) is 5.56 Å². The first kappa shape index (κ1) is 18.6. The van der Waals surface area contributed by atoms with Gasteiger partial charge in [0.05, 0.1) is 13.2 Å². The summed E-state index contributed by atoms with van der Waals surface area (Å²) in [5.74, 6) is 1.52. The van der Waals surface area contributed by atoms with E-state index in [2.05, 4.69) is 0 Å². The Morgan fingerprint density at radius 1 is 1.08 bits per heavy atom. The van der Waals surface area contributed by atoms with Gasteiger partial charge in [-0.2, -0.15) is 0 Å². The maximum Gasteiger partial charge on any atom is 0.246 e. The lowest BCUT2D eigenvalue weighted by molar-refractivity contribution is -0.125. The van der Waals surface area contributed by atoms with Crippen molar-refractivity contribution in [3.05, 3.63) is 65.7 Å². The lowest BCUT2D eigenvalue weighted by Crippen LogP contribution is -2.29. The van der Waals surface area contributed by atoms with Crippen LogP contribution in [0.2, 0.25) is 0 Å². The second kappa shape index (κ2) is 9.52. The molecule has 4 nitrogen and oxygen atoms in total. The van der Waals surface area contributed by atoms with Crippen molar-refractivity contribution in [3.8, 4) is 11.5 Å². The van der Waals surface area contributed by atoms with Crippen molar-refractivity contribution >= 4 is 12.0 Å². The van der Waals surface area contributed by atoms with Crippen molar-refractivity contribution < 1.29 is 14.3 Å². The molecule has 0 heterocycles. The third-order valence-corrected chi connectivity index (χ3v) is 3.72.